The van der Waals surface area contributed by atoms with Crippen LogP contribution in [0.4, 0.5) is 0 Å². The van der Waals surface area contributed by atoms with Crippen molar-refractivity contribution < 1.29 is 9.15 Å². The summed E-state index contributed by atoms with van der Waals surface area (Å²) in [6.07, 6.45) is 0.792. The Bertz CT molecular complexity index is 1100. The number of ether oxygens (including phenoxy) is 1. The molecule has 0 fully saturated rings. The minimum Gasteiger partial charge on any atom is -0.497 e. The van der Waals surface area contributed by atoms with Gasteiger partial charge in [-0.2, -0.15) is 0 Å². The van der Waals surface area contributed by atoms with Crippen LogP contribution in [-0.4, -0.2) is 7.11 Å². The second kappa shape index (κ2) is 7.21. The summed E-state index contributed by atoms with van der Waals surface area (Å²) in [5, 5.41) is 1.12. The van der Waals surface area contributed by atoms with Gasteiger partial charge in [0.25, 0.3) is 0 Å². The minimum atomic E-state index is 0.720. The van der Waals surface area contributed by atoms with E-state index in [4.69, 9.17) is 9.15 Å². The smallest absolute Gasteiger partial charge is 0.182 e. The van der Waals surface area contributed by atoms with Crippen molar-refractivity contribution >= 4 is 11.0 Å². The molecular formula is C24H18O2. The van der Waals surface area contributed by atoms with Crippen LogP contribution in [0.15, 0.2) is 83.3 Å². The van der Waals surface area contributed by atoms with Crippen molar-refractivity contribution in [2.45, 2.75) is 6.42 Å². The molecule has 1 aromatic heterocycles. The van der Waals surface area contributed by atoms with Gasteiger partial charge in [-0.25, -0.2) is 0 Å². The number of hydrogen-bond donors (Lipinski definition) is 0. The molecule has 0 spiro atoms. The van der Waals surface area contributed by atoms with Crippen LogP contribution in [0.2, 0.25) is 0 Å². The molecule has 2 nitrogen and oxygen atoms in total. The van der Waals surface area contributed by atoms with Gasteiger partial charge in [0.15, 0.2) is 5.76 Å². The zero-order valence-corrected chi connectivity index (χ0v) is 14.5. The van der Waals surface area contributed by atoms with Gasteiger partial charge in [-0.1, -0.05) is 60.5 Å². The monoisotopic (exact) mass is 338 g/mol. The summed E-state index contributed by atoms with van der Waals surface area (Å²) < 4.78 is 11.3. The standard InChI is InChI=1S/C24H18O2/c1-25-20-11-7-10-19(16-20)14-15-24-22(17-18-8-3-2-4-9-18)21-12-5-6-13-23(21)26-24/h2-13,16H,17H2,1H3. The number of rotatable bonds is 3. The first-order valence-corrected chi connectivity index (χ1v) is 8.54. The highest BCUT2D eigenvalue weighted by Gasteiger charge is 2.12. The van der Waals surface area contributed by atoms with Crippen LogP contribution >= 0.6 is 0 Å². The van der Waals surface area contributed by atoms with E-state index in [0.717, 1.165) is 40.0 Å². The van der Waals surface area contributed by atoms with Gasteiger partial charge < -0.3 is 9.15 Å². The van der Waals surface area contributed by atoms with Gasteiger partial charge in [0.05, 0.1) is 7.11 Å². The first-order chi connectivity index (χ1) is 12.8. The van der Waals surface area contributed by atoms with E-state index in [1.165, 1.54) is 5.56 Å². The summed E-state index contributed by atoms with van der Waals surface area (Å²) in [7, 11) is 1.66. The van der Waals surface area contributed by atoms with Gasteiger partial charge >= 0.3 is 0 Å². The summed E-state index contributed by atoms with van der Waals surface area (Å²) in [5.41, 5.74) is 4.13. The molecule has 0 unspecified atom stereocenters. The van der Waals surface area contributed by atoms with Gasteiger partial charge in [-0.3, -0.25) is 0 Å². The number of fused-ring (bicyclic) bond motifs is 1. The third-order valence-electron chi connectivity index (χ3n) is 4.31. The molecule has 0 saturated carbocycles. The molecule has 0 N–H and O–H groups in total. The van der Waals surface area contributed by atoms with Crippen molar-refractivity contribution in [1.29, 1.82) is 0 Å². The largest absolute Gasteiger partial charge is 0.497 e. The van der Waals surface area contributed by atoms with Crippen LogP contribution in [0.1, 0.15) is 22.5 Å². The zero-order chi connectivity index (χ0) is 17.8. The highest BCUT2D eigenvalue weighted by Crippen LogP contribution is 2.27. The van der Waals surface area contributed by atoms with E-state index in [9.17, 15) is 0 Å². The third-order valence-corrected chi connectivity index (χ3v) is 4.31. The molecule has 0 atom stereocenters. The molecule has 3 aromatic carbocycles. The predicted octanol–water partition coefficient (Wildman–Crippen LogP) is 5.43. The maximum Gasteiger partial charge on any atom is 0.182 e. The Kier molecular flexibility index (Phi) is 4.45. The van der Waals surface area contributed by atoms with E-state index in [1.54, 1.807) is 7.11 Å². The molecule has 0 aliphatic carbocycles. The molecule has 0 aliphatic rings. The first kappa shape index (κ1) is 16.1. The highest BCUT2D eigenvalue weighted by molar-refractivity contribution is 5.83. The summed E-state index contributed by atoms with van der Waals surface area (Å²) in [5.74, 6) is 7.93. The predicted molar refractivity (Wildman–Crippen MR) is 104 cm³/mol. The van der Waals surface area contributed by atoms with E-state index in [2.05, 4.69) is 42.2 Å². The fraction of sp³-hybridized carbons (Fsp3) is 0.0833. The topological polar surface area (TPSA) is 22.4 Å². The summed E-state index contributed by atoms with van der Waals surface area (Å²) in [6.45, 7) is 0. The maximum absolute atomic E-state index is 6.04. The number of benzene rings is 3. The number of hydrogen-bond acceptors (Lipinski definition) is 2. The average molecular weight is 338 g/mol. The van der Waals surface area contributed by atoms with Crippen LogP contribution in [0.25, 0.3) is 11.0 Å². The molecular weight excluding hydrogens is 320 g/mol. The van der Waals surface area contributed by atoms with E-state index < -0.39 is 0 Å². The lowest BCUT2D eigenvalue weighted by Crippen LogP contribution is -1.89. The van der Waals surface area contributed by atoms with E-state index in [0.29, 0.717) is 0 Å². The SMILES string of the molecule is COc1cccc(C#Cc2oc3ccccc3c2Cc2ccccc2)c1. The van der Waals surface area contributed by atoms with Crippen LogP contribution < -0.4 is 4.74 Å². The van der Waals surface area contributed by atoms with Crippen molar-refractivity contribution in [1.82, 2.24) is 0 Å². The fourth-order valence-electron chi connectivity index (χ4n) is 3.01. The van der Waals surface area contributed by atoms with E-state index in [-0.39, 0.29) is 0 Å². The van der Waals surface area contributed by atoms with Crippen molar-refractivity contribution in [2.75, 3.05) is 7.11 Å². The maximum atomic E-state index is 6.04. The molecule has 1 heterocycles. The highest BCUT2D eigenvalue weighted by atomic mass is 16.5. The Hall–Kier alpha value is -3.44. The molecule has 2 heteroatoms. The molecule has 0 aliphatic heterocycles. The Morgan fingerprint density at radius 1 is 0.846 bits per heavy atom. The molecule has 0 radical (unpaired) electrons. The second-order valence-electron chi connectivity index (χ2n) is 6.05. The molecule has 0 amide bonds. The van der Waals surface area contributed by atoms with Crippen molar-refractivity contribution in [3.63, 3.8) is 0 Å². The summed E-state index contributed by atoms with van der Waals surface area (Å²) in [6, 6.07) is 26.2. The Morgan fingerprint density at radius 3 is 2.50 bits per heavy atom. The van der Waals surface area contributed by atoms with E-state index in [1.807, 2.05) is 48.5 Å². The van der Waals surface area contributed by atoms with Gasteiger partial charge in [0.1, 0.15) is 11.3 Å². The average Bonchev–Trinajstić information content (AvgIpc) is 3.05. The zero-order valence-electron chi connectivity index (χ0n) is 14.5. The van der Waals surface area contributed by atoms with Crippen molar-refractivity contribution in [3.05, 3.63) is 101 Å². The van der Waals surface area contributed by atoms with Crippen LogP contribution in [-0.2, 0) is 6.42 Å². The number of methoxy groups -OCH3 is 1. The lowest BCUT2D eigenvalue weighted by Gasteiger charge is -2.00. The van der Waals surface area contributed by atoms with Gasteiger partial charge in [0.2, 0.25) is 0 Å². The molecule has 26 heavy (non-hydrogen) atoms. The van der Waals surface area contributed by atoms with Gasteiger partial charge in [-0.15, -0.1) is 0 Å². The first-order valence-electron chi connectivity index (χ1n) is 8.54. The lowest BCUT2D eigenvalue weighted by atomic mass is 10.0. The molecule has 4 rings (SSSR count). The normalized spacial score (nSPS) is 10.3. The summed E-state index contributed by atoms with van der Waals surface area (Å²) in [4.78, 5) is 0. The second-order valence-corrected chi connectivity index (χ2v) is 6.05. The fourth-order valence-corrected chi connectivity index (χ4v) is 3.01. The van der Waals surface area contributed by atoms with E-state index >= 15 is 0 Å². The molecule has 0 saturated heterocycles. The Morgan fingerprint density at radius 2 is 1.65 bits per heavy atom. The molecule has 4 aromatic rings. The Labute approximate surface area is 153 Å². The molecule has 126 valence electrons. The van der Waals surface area contributed by atoms with Crippen molar-refractivity contribution in [2.24, 2.45) is 0 Å². The number of furan rings is 1. The quantitative estimate of drug-likeness (QED) is 0.465. The van der Waals surface area contributed by atoms with Gasteiger partial charge in [0, 0.05) is 22.9 Å². The third kappa shape index (κ3) is 3.34. The lowest BCUT2D eigenvalue weighted by molar-refractivity contribution is 0.414. The number of para-hydroxylation sites is 1. The van der Waals surface area contributed by atoms with Crippen LogP contribution in [0.5, 0.6) is 5.75 Å². The van der Waals surface area contributed by atoms with Gasteiger partial charge in [-0.05, 0) is 35.7 Å². The van der Waals surface area contributed by atoms with Crippen LogP contribution in [0, 0.1) is 11.8 Å². The minimum absolute atomic E-state index is 0.720. The Balaban J connectivity index is 1.77. The summed E-state index contributed by atoms with van der Waals surface area (Å²) >= 11 is 0. The van der Waals surface area contributed by atoms with Crippen molar-refractivity contribution in [3.8, 4) is 17.6 Å². The molecule has 0 bridgehead atoms. The van der Waals surface area contributed by atoms with Crippen LogP contribution in [0.3, 0.4) is 0 Å².